The molecular formula is C17H27N2O3+. The maximum atomic E-state index is 12.9. The molecule has 5 nitrogen and oxygen atoms in total. The zero-order chi connectivity index (χ0) is 16.6. The van der Waals surface area contributed by atoms with Crippen LogP contribution in [0.4, 0.5) is 0 Å². The van der Waals surface area contributed by atoms with E-state index in [2.05, 4.69) is 4.98 Å². The van der Waals surface area contributed by atoms with Gasteiger partial charge < -0.3 is 14.6 Å². The minimum atomic E-state index is -0.148. The van der Waals surface area contributed by atoms with Crippen LogP contribution in [0.2, 0.25) is 0 Å². The van der Waals surface area contributed by atoms with Crippen LogP contribution in [0, 0.1) is 13.8 Å². The standard InChI is InChI=1S/C17H26N2O3/c1-9-7-19(8-10(2)22-9)13(5)17(21)16-11(3)15(14(6)20)12(4)18-16/h9-10,13,18H,7-8H2,1-6H3/p+1/t9-,10-,13+/m1/s1. The molecule has 0 saturated carbocycles. The average Bonchev–Trinajstić information content (AvgIpc) is 2.71. The summed E-state index contributed by atoms with van der Waals surface area (Å²) in [6, 6.07) is -0.148. The van der Waals surface area contributed by atoms with Crippen LogP contribution in [0.5, 0.6) is 0 Å². The molecular weight excluding hydrogens is 280 g/mol. The number of carbonyl (C=O) groups is 2. The minimum Gasteiger partial charge on any atom is -0.364 e. The van der Waals surface area contributed by atoms with Gasteiger partial charge in [0.15, 0.2) is 11.8 Å². The Labute approximate surface area is 132 Å². The van der Waals surface area contributed by atoms with Crippen molar-refractivity contribution in [3.63, 3.8) is 0 Å². The monoisotopic (exact) mass is 307 g/mol. The lowest BCUT2D eigenvalue weighted by Crippen LogP contribution is -3.19. The van der Waals surface area contributed by atoms with Gasteiger partial charge in [-0.2, -0.15) is 0 Å². The molecule has 1 aliphatic heterocycles. The number of hydrogen-bond donors (Lipinski definition) is 2. The number of morpholine rings is 1. The highest BCUT2D eigenvalue weighted by Crippen LogP contribution is 2.19. The molecule has 0 aliphatic carbocycles. The normalized spacial score (nSPS) is 26.7. The van der Waals surface area contributed by atoms with Gasteiger partial charge in [-0.1, -0.05) is 0 Å². The van der Waals surface area contributed by atoms with Crippen molar-refractivity contribution in [1.29, 1.82) is 0 Å². The van der Waals surface area contributed by atoms with Crippen LogP contribution in [0.1, 0.15) is 59.8 Å². The Bertz CT molecular complexity index is 581. The molecule has 122 valence electrons. The number of Topliss-reactive ketones (excluding diaryl/α,β-unsaturated/α-hetero) is 2. The van der Waals surface area contributed by atoms with E-state index in [0.29, 0.717) is 11.3 Å². The van der Waals surface area contributed by atoms with Crippen molar-refractivity contribution in [1.82, 2.24) is 4.98 Å². The maximum Gasteiger partial charge on any atom is 0.235 e. The number of aryl methyl sites for hydroxylation is 1. The average molecular weight is 307 g/mol. The first-order valence-electron chi connectivity index (χ1n) is 7.96. The molecule has 0 spiro atoms. The highest BCUT2D eigenvalue weighted by Gasteiger charge is 2.35. The third-order valence-electron chi connectivity index (χ3n) is 4.61. The van der Waals surface area contributed by atoms with E-state index in [1.807, 2.05) is 34.6 Å². The molecule has 1 aliphatic rings. The lowest BCUT2D eigenvalue weighted by molar-refractivity contribution is -0.928. The molecule has 2 rings (SSSR count). The Balaban J connectivity index is 2.24. The first kappa shape index (κ1) is 16.9. The van der Waals surface area contributed by atoms with Gasteiger partial charge in [-0.25, -0.2) is 0 Å². The number of aromatic amines is 1. The molecule has 1 aromatic rings. The van der Waals surface area contributed by atoms with Gasteiger partial charge in [0.05, 0.1) is 5.69 Å². The number of H-pyrrole nitrogens is 1. The molecule has 22 heavy (non-hydrogen) atoms. The first-order chi connectivity index (χ1) is 10.2. The second-order valence-corrected chi connectivity index (χ2v) is 6.59. The number of ketones is 2. The molecule has 0 radical (unpaired) electrons. The third-order valence-corrected chi connectivity index (χ3v) is 4.61. The van der Waals surface area contributed by atoms with Gasteiger partial charge in [0.25, 0.3) is 0 Å². The fraction of sp³-hybridized carbons (Fsp3) is 0.647. The van der Waals surface area contributed by atoms with Crippen molar-refractivity contribution >= 4 is 11.6 Å². The first-order valence-corrected chi connectivity index (χ1v) is 7.96. The number of carbonyl (C=O) groups excluding carboxylic acids is 2. The van der Waals surface area contributed by atoms with Crippen molar-refractivity contribution in [2.24, 2.45) is 0 Å². The van der Waals surface area contributed by atoms with E-state index in [9.17, 15) is 9.59 Å². The van der Waals surface area contributed by atoms with Crippen molar-refractivity contribution in [2.75, 3.05) is 13.1 Å². The fourth-order valence-corrected chi connectivity index (χ4v) is 3.59. The SMILES string of the molecule is CC(=O)c1c(C)[nH]c(C(=O)[C@H](C)[NH+]2C[C@@H](C)O[C@H](C)C2)c1C. The molecule has 0 bridgehead atoms. The summed E-state index contributed by atoms with van der Waals surface area (Å²) >= 11 is 0. The van der Waals surface area contributed by atoms with Gasteiger partial charge in [-0.15, -0.1) is 0 Å². The summed E-state index contributed by atoms with van der Waals surface area (Å²) in [4.78, 5) is 29.0. The third kappa shape index (κ3) is 3.15. The Morgan fingerprint density at radius 3 is 2.23 bits per heavy atom. The summed E-state index contributed by atoms with van der Waals surface area (Å²) in [5.41, 5.74) is 2.78. The number of rotatable bonds is 4. The second-order valence-electron chi connectivity index (χ2n) is 6.59. The molecule has 1 aromatic heterocycles. The Morgan fingerprint density at radius 1 is 1.23 bits per heavy atom. The van der Waals surface area contributed by atoms with Crippen LogP contribution < -0.4 is 4.90 Å². The largest absolute Gasteiger partial charge is 0.364 e. The predicted molar refractivity (Wildman–Crippen MR) is 84.8 cm³/mol. The van der Waals surface area contributed by atoms with Gasteiger partial charge in [-0.3, -0.25) is 9.59 Å². The van der Waals surface area contributed by atoms with Crippen LogP contribution >= 0.6 is 0 Å². The number of aromatic nitrogens is 1. The highest BCUT2D eigenvalue weighted by atomic mass is 16.5. The lowest BCUT2D eigenvalue weighted by Gasteiger charge is -2.35. The number of nitrogens with one attached hydrogen (secondary N) is 2. The van der Waals surface area contributed by atoms with Crippen LogP contribution in [0.15, 0.2) is 0 Å². The molecule has 2 N–H and O–H groups in total. The van der Waals surface area contributed by atoms with Crippen LogP contribution in [-0.4, -0.2) is 47.9 Å². The number of quaternary nitrogens is 1. The molecule has 0 unspecified atom stereocenters. The maximum absolute atomic E-state index is 12.9. The molecule has 1 saturated heterocycles. The van der Waals surface area contributed by atoms with Gasteiger partial charge in [0.1, 0.15) is 25.3 Å². The van der Waals surface area contributed by atoms with E-state index in [1.165, 1.54) is 11.8 Å². The molecule has 1 fully saturated rings. The van der Waals surface area contributed by atoms with Crippen molar-refractivity contribution in [3.05, 3.63) is 22.5 Å². The van der Waals surface area contributed by atoms with Crippen molar-refractivity contribution in [2.45, 2.75) is 59.8 Å². The summed E-state index contributed by atoms with van der Waals surface area (Å²) in [7, 11) is 0. The van der Waals surface area contributed by atoms with E-state index >= 15 is 0 Å². The summed E-state index contributed by atoms with van der Waals surface area (Å²) in [5.74, 6) is 0.0725. The van der Waals surface area contributed by atoms with E-state index in [-0.39, 0.29) is 29.8 Å². The summed E-state index contributed by atoms with van der Waals surface area (Å²) < 4.78 is 5.75. The van der Waals surface area contributed by atoms with E-state index in [0.717, 1.165) is 24.3 Å². The van der Waals surface area contributed by atoms with Gasteiger partial charge in [-0.05, 0) is 47.1 Å². The van der Waals surface area contributed by atoms with Crippen molar-refractivity contribution < 1.29 is 19.2 Å². The summed E-state index contributed by atoms with van der Waals surface area (Å²) in [6.45, 7) is 12.9. The van der Waals surface area contributed by atoms with Gasteiger partial charge in [0.2, 0.25) is 5.78 Å². The number of hydrogen-bond acceptors (Lipinski definition) is 3. The van der Waals surface area contributed by atoms with Gasteiger partial charge >= 0.3 is 0 Å². The van der Waals surface area contributed by atoms with Crippen molar-refractivity contribution in [3.8, 4) is 0 Å². The summed E-state index contributed by atoms with van der Waals surface area (Å²) in [6.07, 6.45) is 0.321. The molecule has 2 heterocycles. The smallest absolute Gasteiger partial charge is 0.235 e. The number of ether oxygens (including phenoxy) is 1. The predicted octanol–water partition coefficient (Wildman–Crippen LogP) is 1.10. The lowest BCUT2D eigenvalue weighted by atomic mass is 10.0. The molecule has 3 atom stereocenters. The molecule has 0 amide bonds. The topological polar surface area (TPSA) is 63.6 Å². The van der Waals surface area contributed by atoms with Crippen LogP contribution in [-0.2, 0) is 4.74 Å². The fourth-order valence-electron chi connectivity index (χ4n) is 3.59. The summed E-state index contributed by atoms with van der Waals surface area (Å²) in [5, 5.41) is 0. The molecule has 0 aromatic carbocycles. The zero-order valence-corrected chi connectivity index (χ0v) is 14.4. The Morgan fingerprint density at radius 2 is 1.77 bits per heavy atom. The van der Waals surface area contributed by atoms with E-state index in [1.54, 1.807) is 0 Å². The second kappa shape index (κ2) is 6.34. The highest BCUT2D eigenvalue weighted by molar-refractivity contribution is 6.04. The quantitative estimate of drug-likeness (QED) is 0.819. The van der Waals surface area contributed by atoms with E-state index in [4.69, 9.17) is 4.74 Å². The Hall–Kier alpha value is -1.46. The Kier molecular flexibility index (Phi) is 4.87. The minimum absolute atomic E-state index is 0.00100. The van der Waals surface area contributed by atoms with Crippen LogP contribution in [0.3, 0.4) is 0 Å². The van der Waals surface area contributed by atoms with E-state index < -0.39 is 0 Å². The van der Waals surface area contributed by atoms with Crippen LogP contribution in [0.25, 0.3) is 0 Å². The van der Waals surface area contributed by atoms with Gasteiger partial charge in [0, 0.05) is 11.3 Å². The zero-order valence-electron chi connectivity index (χ0n) is 14.4. The molecule has 5 heteroatoms.